The highest BCUT2D eigenvalue weighted by atomic mass is 32.2. The lowest BCUT2D eigenvalue weighted by molar-refractivity contribution is 0.340. The van der Waals surface area contributed by atoms with Crippen LogP contribution >= 0.6 is 0 Å². The van der Waals surface area contributed by atoms with Crippen LogP contribution in [-0.4, -0.2) is 58.9 Å². The number of hydrogen-bond donors (Lipinski definition) is 2. The highest BCUT2D eigenvalue weighted by Crippen LogP contribution is 2.20. The lowest BCUT2D eigenvalue weighted by atomic mass is 10.1. The molecular weight excluding hydrogens is 460 g/mol. The molecule has 1 aliphatic rings. The second kappa shape index (κ2) is 10.4. The Morgan fingerprint density at radius 3 is 2.51 bits per heavy atom. The molecule has 0 bridgehead atoms. The highest BCUT2D eigenvalue weighted by molar-refractivity contribution is 7.91. The van der Waals surface area contributed by atoms with E-state index in [1.54, 1.807) is 36.7 Å². The van der Waals surface area contributed by atoms with Crippen molar-refractivity contribution >= 4 is 44.5 Å². The molecule has 35 heavy (non-hydrogen) atoms. The van der Waals surface area contributed by atoms with E-state index >= 15 is 0 Å². The van der Waals surface area contributed by atoms with Gasteiger partial charge in [-0.15, -0.1) is 0 Å². The number of anilines is 2. The van der Waals surface area contributed by atoms with Gasteiger partial charge < -0.3 is 10.2 Å². The molecule has 2 aromatic heterocycles. The van der Waals surface area contributed by atoms with Crippen molar-refractivity contribution in [3.63, 3.8) is 0 Å². The van der Waals surface area contributed by atoms with Gasteiger partial charge in [-0.3, -0.25) is 5.10 Å². The SMILES string of the molecule is O=S(=O)(CCCN1CCCC1)c1ccc(Nc2ncc(C=Cc3cccc4[nH]ncc34)cn2)cc1. The normalized spacial score (nSPS) is 14.7. The molecule has 0 amide bonds. The Kier molecular flexibility index (Phi) is 6.87. The first-order chi connectivity index (χ1) is 17.1. The summed E-state index contributed by atoms with van der Waals surface area (Å²) in [6.07, 6.45) is 12.3. The Hall–Kier alpha value is -3.56. The summed E-state index contributed by atoms with van der Waals surface area (Å²) in [6.45, 7) is 3.02. The van der Waals surface area contributed by atoms with Crippen molar-refractivity contribution in [2.75, 3.05) is 30.7 Å². The number of nitrogens with zero attached hydrogens (tertiary/aromatic N) is 4. The van der Waals surface area contributed by atoms with Crippen LogP contribution in [-0.2, 0) is 9.84 Å². The summed E-state index contributed by atoms with van der Waals surface area (Å²) in [5, 5.41) is 11.2. The fraction of sp³-hybridized carbons (Fsp3) is 0.269. The topological polar surface area (TPSA) is 104 Å². The molecule has 180 valence electrons. The molecule has 0 unspecified atom stereocenters. The summed E-state index contributed by atoms with van der Waals surface area (Å²) in [5.41, 5.74) is 3.65. The average Bonchev–Trinajstić information content (AvgIpc) is 3.56. The fourth-order valence-corrected chi connectivity index (χ4v) is 5.58. The number of aromatic nitrogens is 4. The van der Waals surface area contributed by atoms with Crippen LogP contribution in [0.5, 0.6) is 0 Å². The van der Waals surface area contributed by atoms with Crippen LogP contribution in [0.1, 0.15) is 30.4 Å². The van der Waals surface area contributed by atoms with Crippen molar-refractivity contribution in [2.24, 2.45) is 0 Å². The second-order valence-electron chi connectivity index (χ2n) is 8.72. The van der Waals surface area contributed by atoms with Crippen molar-refractivity contribution in [1.82, 2.24) is 25.1 Å². The summed E-state index contributed by atoms with van der Waals surface area (Å²) >= 11 is 0. The molecule has 1 aliphatic heterocycles. The third kappa shape index (κ3) is 5.75. The van der Waals surface area contributed by atoms with E-state index in [4.69, 9.17) is 0 Å². The molecule has 0 aliphatic carbocycles. The van der Waals surface area contributed by atoms with E-state index in [2.05, 4.69) is 30.4 Å². The number of rotatable bonds is 9. The summed E-state index contributed by atoms with van der Waals surface area (Å²) < 4.78 is 25.3. The Bertz CT molecular complexity index is 1410. The first-order valence-corrected chi connectivity index (χ1v) is 13.5. The van der Waals surface area contributed by atoms with Crippen LogP contribution in [0.2, 0.25) is 0 Å². The van der Waals surface area contributed by atoms with E-state index in [0.29, 0.717) is 17.3 Å². The van der Waals surface area contributed by atoms with E-state index < -0.39 is 9.84 Å². The van der Waals surface area contributed by atoms with Crippen molar-refractivity contribution in [3.05, 3.63) is 72.2 Å². The molecular formula is C26H28N6O2S. The van der Waals surface area contributed by atoms with Crippen LogP contribution in [0.4, 0.5) is 11.6 Å². The van der Waals surface area contributed by atoms with Gasteiger partial charge in [-0.05, 0) is 74.8 Å². The minimum atomic E-state index is -3.29. The lowest BCUT2D eigenvalue weighted by Crippen LogP contribution is -2.22. The zero-order chi connectivity index (χ0) is 24.1. The van der Waals surface area contributed by atoms with Crippen LogP contribution in [0.25, 0.3) is 23.1 Å². The molecule has 0 atom stereocenters. The van der Waals surface area contributed by atoms with Gasteiger partial charge in [0.1, 0.15) is 0 Å². The standard InChI is InChI=1S/C26H28N6O2S/c33-35(34,16-4-15-32-13-1-2-14-32)23-11-9-22(10-12-23)30-26-27-17-20(18-28-26)7-8-21-5-3-6-25-24(21)19-29-31-25/h3,5-12,17-19H,1-2,4,13-16H2,(H,29,31)(H,27,28,30). The van der Waals surface area contributed by atoms with Crippen molar-refractivity contribution in [2.45, 2.75) is 24.2 Å². The number of sulfone groups is 1. The molecule has 4 aromatic rings. The maximum absolute atomic E-state index is 12.7. The molecule has 3 heterocycles. The molecule has 0 saturated carbocycles. The minimum Gasteiger partial charge on any atom is -0.324 e. The van der Waals surface area contributed by atoms with Gasteiger partial charge in [0.05, 0.1) is 22.4 Å². The molecule has 1 saturated heterocycles. The van der Waals surface area contributed by atoms with Crippen molar-refractivity contribution in [1.29, 1.82) is 0 Å². The predicted octanol–water partition coefficient (Wildman–Crippen LogP) is 4.53. The first-order valence-electron chi connectivity index (χ1n) is 11.8. The molecule has 2 aromatic carbocycles. The van der Waals surface area contributed by atoms with Gasteiger partial charge in [0.15, 0.2) is 9.84 Å². The van der Waals surface area contributed by atoms with E-state index in [0.717, 1.165) is 47.4 Å². The number of H-pyrrole nitrogens is 1. The second-order valence-corrected chi connectivity index (χ2v) is 10.8. The third-order valence-electron chi connectivity index (χ3n) is 6.20. The number of benzene rings is 2. The Morgan fingerprint density at radius 2 is 1.74 bits per heavy atom. The Labute approximate surface area is 205 Å². The summed E-state index contributed by atoms with van der Waals surface area (Å²) in [5.74, 6) is 0.615. The first kappa shape index (κ1) is 23.2. The molecule has 1 fully saturated rings. The maximum Gasteiger partial charge on any atom is 0.227 e. The predicted molar refractivity (Wildman–Crippen MR) is 139 cm³/mol. The number of likely N-dealkylation sites (tertiary alicyclic amines) is 1. The van der Waals surface area contributed by atoms with Crippen LogP contribution < -0.4 is 5.32 Å². The molecule has 8 nitrogen and oxygen atoms in total. The van der Waals surface area contributed by atoms with Gasteiger partial charge in [-0.25, -0.2) is 18.4 Å². The number of hydrogen-bond acceptors (Lipinski definition) is 7. The highest BCUT2D eigenvalue weighted by Gasteiger charge is 2.16. The van der Waals surface area contributed by atoms with Crippen molar-refractivity contribution < 1.29 is 8.42 Å². The molecule has 9 heteroatoms. The van der Waals surface area contributed by atoms with Gasteiger partial charge in [-0.1, -0.05) is 24.3 Å². The summed E-state index contributed by atoms with van der Waals surface area (Å²) in [4.78, 5) is 11.4. The van der Waals surface area contributed by atoms with Crippen LogP contribution in [0.3, 0.4) is 0 Å². The minimum absolute atomic E-state index is 0.170. The maximum atomic E-state index is 12.7. The van der Waals surface area contributed by atoms with Gasteiger partial charge in [0.2, 0.25) is 5.95 Å². The fourth-order valence-electron chi connectivity index (χ4n) is 4.29. The Morgan fingerprint density at radius 1 is 0.971 bits per heavy atom. The molecule has 2 N–H and O–H groups in total. The van der Waals surface area contributed by atoms with Gasteiger partial charge in [-0.2, -0.15) is 5.10 Å². The zero-order valence-corrected chi connectivity index (χ0v) is 20.2. The van der Waals surface area contributed by atoms with E-state index in [9.17, 15) is 8.42 Å². The summed E-state index contributed by atoms with van der Waals surface area (Å²) in [7, 11) is -3.29. The lowest BCUT2D eigenvalue weighted by Gasteiger charge is -2.14. The molecule has 0 spiro atoms. The Balaban J connectivity index is 1.17. The largest absolute Gasteiger partial charge is 0.324 e. The number of nitrogens with one attached hydrogen (secondary N) is 2. The van der Waals surface area contributed by atoms with Gasteiger partial charge in [0, 0.05) is 29.0 Å². The molecule has 0 radical (unpaired) electrons. The smallest absolute Gasteiger partial charge is 0.227 e. The average molecular weight is 489 g/mol. The van der Waals surface area contributed by atoms with Crippen LogP contribution in [0, 0.1) is 0 Å². The van der Waals surface area contributed by atoms with Crippen LogP contribution in [0.15, 0.2) is 66.0 Å². The van der Waals surface area contributed by atoms with E-state index in [1.807, 2.05) is 36.5 Å². The third-order valence-corrected chi connectivity index (χ3v) is 8.02. The number of fused-ring (bicyclic) bond motifs is 1. The van der Waals surface area contributed by atoms with Gasteiger partial charge >= 0.3 is 0 Å². The quantitative estimate of drug-likeness (QED) is 0.357. The number of aromatic amines is 1. The zero-order valence-electron chi connectivity index (χ0n) is 19.4. The van der Waals surface area contributed by atoms with Gasteiger partial charge in [0.25, 0.3) is 0 Å². The van der Waals surface area contributed by atoms with E-state index in [1.165, 1.54) is 12.8 Å². The van der Waals surface area contributed by atoms with Crippen molar-refractivity contribution in [3.8, 4) is 0 Å². The van der Waals surface area contributed by atoms with E-state index in [-0.39, 0.29) is 5.75 Å². The summed E-state index contributed by atoms with van der Waals surface area (Å²) in [6, 6.07) is 12.8. The molecule has 5 rings (SSSR count). The monoisotopic (exact) mass is 488 g/mol.